The maximum absolute atomic E-state index is 12.4. The van der Waals surface area contributed by atoms with Crippen molar-refractivity contribution in [2.45, 2.75) is 25.3 Å². The molecule has 0 aliphatic rings. The van der Waals surface area contributed by atoms with Crippen molar-refractivity contribution in [1.82, 2.24) is 9.46 Å². The van der Waals surface area contributed by atoms with Gasteiger partial charge < -0.3 is 8.94 Å². The molecular weight excluding hydrogens is 336 g/mol. The number of aromatic nitrogens is 1. The average Bonchev–Trinajstić information content (AvgIpc) is 2.85. The SMILES string of the molecule is Cc1noc(C)c1S(=O)(=O)N(C)Cc1ccc(Br)o1. The lowest BCUT2D eigenvalue weighted by atomic mass is 10.4. The normalized spacial score (nSPS) is 12.3. The third kappa shape index (κ3) is 2.75. The first-order chi connectivity index (χ1) is 8.82. The molecule has 19 heavy (non-hydrogen) atoms. The fourth-order valence-electron chi connectivity index (χ4n) is 1.74. The van der Waals surface area contributed by atoms with Crippen LogP contribution in [0.2, 0.25) is 0 Å². The lowest BCUT2D eigenvalue weighted by molar-refractivity contribution is 0.386. The van der Waals surface area contributed by atoms with Crippen molar-refractivity contribution in [1.29, 1.82) is 0 Å². The Morgan fingerprint density at radius 3 is 2.53 bits per heavy atom. The van der Waals surface area contributed by atoms with E-state index in [1.807, 2.05) is 0 Å². The smallest absolute Gasteiger partial charge is 0.248 e. The third-order valence-corrected chi connectivity index (χ3v) is 5.12. The van der Waals surface area contributed by atoms with Gasteiger partial charge in [0.15, 0.2) is 10.4 Å². The first-order valence-electron chi connectivity index (χ1n) is 5.46. The minimum Gasteiger partial charge on any atom is -0.453 e. The molecule has 0 fully saturated rings. The van der Waals surface area contributed by atoms with Gasteiger partial charge in [-0.05, 0) is 41.9 Å². The molecule has 0 atom stereocenters. The van der Waals surface area contributed by atoms with Crippen LogP contribution in [0.4, 0.5) is 0 Å². The molecule has 0 spiro atoms. The summed E-state index contributed by atoms with van der Waals surface area (Å²) in [5.41, 5.74) is 0.352. The Morgan fingerprint density at radius 2 is 2.05 bits per heavy atom. The van der Waals surface area contributed by atoms with Crippen LogP contribution in [0, 0.1) is 13.8 Å². The summed E-state index contributed by atoms with van der Waals surface area (Å²) in [7, 11) is -2.16. The number of hydrogen-bond donors (Lipinski definition) is 0. The van der Waals surface area contributed by atoms with E-state index in [2.05, 4.69) is 21.1 Å². The van der Waals surface area contributed by atoms with E-state index in [0.29, 0.717) is 16.1 Å². The van der Waals surface area contributed by atoms with E-state index < -0.39 is 10.0 Å². The zero-order valence-corrected chi connectivity index (χ0v) is 13.1. The summed E-state index contributed by atoms with van der Waals surface area (Å²) < 4.78 is 36.8. The lowest BCUT2D eigenvalue weighted by Crippen LogP contribution is -2.27. The van der Waals surface area contributed by atoms with Gasteiger partial charge in [0.2, 0.25) is 10.0 Å². The molecule has 2 rings (SSSR count). The minimum absolute atomic E-state index is 0.112. The number of hydrogen-bond acceptors (Lipinski definition) is 5. The predicted octanol–water partition coefficient (Wildman–Crippen LogP) is 2.47. The highest BCUT2D eigenvalue weighted by Crippen LogP contribution is 2.24. The molecule has 104 valence electrons. The first-order valence-corrected chi connectivity index (χ1v) is 7.69. The second-order valence-electron chi connectivity index (χ2n) is 4.12. The van der Waals surface area contributed by atoms with Crippen LogP contribution in [0.5, 0.6) is 0 Å². The van der Waals surface area contributed by atoms with Crippen LogP contribution in [0.1, 0.15) is 17.2 Å². The van der Waals surface area contributed by atoms with Crippen LogP contribution in [-0.4, -0.2) is 24.9 Å². The molecule has 0 aliphatic carbocycles. The fraction of sp³-hybridized carbons (Fsp3) is 0.364. The summed E-state index contributed by atoms with van der Waals surface area (Å²) in [6, 6.07) is 3.43. The largest absolute Gasteiger partial charge is 0.453 e. The zero-order chi connectivity index (χ0) is 14.2. The molecular formula is C11H13BrN2O4S. The zero-order valence-electron chi connectivity index (χ0n) is 10.7. The summed E-state index contributed by atoms with van der Waals surface area (Å²) in [5.74, 6) is 0.828. The average molecular weight is 349 g/mol. The van der Waals surface area contributed by atoms with E-state index in [9.17, 15) is 8.42 Å². The van der Waals surface area contributed by atoms with E-state index in [4.69, 9.17) is 8.94 Å². The number of aryl methyl sites for hydroxylation is 2. The highest BCUT2D eigenvalue weighted by atomic mass is 79.9. The number of rotatable bonds is 4. The van der Waals surface area contributed by atoms with Crippen LogP contribution in [0.25, 0.3) is 0 Å². The molecule has 6 nitrogen and oxygen atoms in total. The van der Waals surface area contributed by atoms with Crippen LogP contribution in [-0.2, 0) is 16.6 Å². The van der Waals surface area contributed by atoms with Crippen molar-refractivity contribution in [3.63, 3.8) is 0 Å². The van der Waals surface area contributed by atoms with Gasteiger partial charge in [-0.1, -0.05) is 5.16 Å². The Morgan fingerprint density at radius 1 is 1.37 bits per heavy atom. The van der Waals surface area contributed by atoms with Gasteiger partial charge >= 0.3 is 0 Å². The van der Waals surface area contributed by atoms with Crippen molar-refractivity contribution in [2.24, 2.45) is 0 Å². The highest BCUT2D eigenvalue weighted by molar-refractivity contribution is 9.10. The summed E-state index contributed by atoms with van der Waals surface area (Å²) in [6.07, 6.45) is 0. The second kappa shape index (κ2) is 5.10. The van der Waals surface area contributed by atoms with E-state index in [-0.39, 0.29) is 17.2 Å². The van der Waals surface area contributed by atoms with Gasteiger partial charge in [-0.2, -0.15) is 4.31 Å². The number of furan rings is 1. The Labute approximate surface area is 119 Å². The van der Waals surface area contributed by atoms with Crippen molar-refractivity contribution in [2.75, 3.05) is 7.05 Å². The predicted molar refractivity (Wildman–Crippen MR) is 71.0 cm³/mol. The molecule has 0 saturated carbocycles. The third-order valence-electron chi connectivity index (χ3n) is 2.64. The molecule has 8 heteroatoms. The Kier molecular flexibility index (Phi) is 3.84. The van der Waals surface area contributed by atoms with Gasteiger partial charge in [-0.3, -0.25) is 0 Å². The van der Waals surface area contributed by atoms with E-state index >= 15 is 0 Å². The Hall–Kier alpha value is -1.12. The standard InChI is InChI=1S/C11H13BrN2O4S/c1-7-11(8(2)18-13-7)19(15,16)14(3)6-9-4-5-10(12)17-9/h4-5H,6H2,1-3H3. The molecule has 0 N–H and O–H groups in total. The van der Waals surface area contributed by atoms with Crippen molar-refractivity contribution >= 4 is 26.0 Å². The van der Waals surface area contributed by atoms with Gasteiger partial charge in [0.25, 0.3) is 0 Å². The van der Waals surface area contributed by atoms with E-state index in [0.717, 1.165) is 0 Å². The monoisotopic (exact) mass is 348 g/mol. The molecule has 2 heterocycles. The first kappa shape index (κ1) is 14.3. The summed E-state index contributed by atoms with van der Waals surface area (Å²) in [4.78, 5) is 0.112. The minimum atomic E-state index is -3.64. The maximum Gasteiger partial charge on any atom is 0.248 e. The molecule has 0 bridgehead atoms. The summed E-state index contributed by atoms with van der Waals surface area (Å²) in [5, 5.41) is 3.66. The summed E-state index contributed by atoms with van der Waals surface area (Å²) in [6.45, 7) is 3.31. The van der Waals surface area contributed by atoms with Crippen molar-refractivity contribution in [3.8, 4) is 0 Å². The number of sulfonamides is 1. The lowest BCUT2D eigenvalue weighted by Gasteiger charge is -2.15. The second-order valence-corrected chi connectivity index (χ2v) is 6.88. The van der Waals surface area contributed by atoms with Gasteiger partial charge in [0, 0.05) is 7.05 Å². The molecule has 2 aromatic heterocycles. The van der Waals surface area contributed by atoms with Gasteiger partial charge in [-0.15, -0.1) is 0 Å². The number of halogens is 1. The Bertz CT molecular complexity index is 670. The van der Waals surface area contributed by atoms with Gasteiger partial charge in [0.05, 0.1) is 6.54 Å². The molecule has 0 radical (unpaired) electrons. The fourth-order valence-corrected chi connectivity index (χ4v) is 3.50. The van der Waals surface area contributed by atoms with Crippen LogP contribution < -0.4 is 0 Å². The molecule has 0 aromatic carbocycles. The molecule has 0 saturated heterocycles. The van der Waals surface area contributed by atoms with Gasteiger partial charge in [-0.25, -0.2) is 8.42 Å². The molecule has 0 unspecified atom stereocenters. The molecule has 2 aromatic rings. The van der Waals surface area contributed by atoms with E-state index in [1.165, 1.54) is 11.4 Å². The number of nitrogens with zero attached hydrogens (tertiary/aromatic N) is 2. The van der Waals surface area contributed by atoms with Crippen molar-refractivity contribution in [3.05, 3.63) is 34.0 Å². The summed E-state index contributed by atoms with van der Waals surface area (Å²) >= 11 is 3.17. The van der Waals surface area contributed by atoms with E-state index in [1.54, 1.807) is 26.0 Å². The van der Waals surface area contributed by atoms with Crippen LogP contribution in [0.3, 0.4) is 0 Å². The van der Waals surface area contributed by atoms with Gasteiger partial charge in [0.1, 0.15) is 16.3 Å². The van der Waals surface area contributed by atoms with Crippen LogP contribution >= 0.6 is 15.9 Å². The van der Waals surface area contributed by atoms with Crippen LogP contribution in [0.15, 0.2) is 30.6 Å². The topological polar surface area (TPSA) is 76.6 Å². The Balaban J connectivity index is 2.30. The molecule has 0 aliphatic heterocycles. The highest BCUT2D eigenvalue weighted by Gasteiger charge is 2.29. The quantitative estimate of drug-likeness (QED) is 0.848. The molecule has 0 amide bonds. The van der Waals surface area contributed by atoms with Crippen molar-refractivity contribution < 1.29 is 17.4 Å². The maximum atomic E-state index is 12.4.